The molecular formula is C24H19N5O2. The fourth-order valence-corrected chi connectivity index (χ4v) is 3.25. The molecule has 0 spiro atoms. The van der Waals surface area contributed by atoms with Crippen LogP contribution in [0.3, 0.4) is 0 Å². The van der Waals surface area contributed by atoms with Crippen molar-refractivity contribution in [1.29, 1.82) is 0 Å². The van der Waals surface area contributed by atoms with Crippen LogP contribution in [-0.4, -0.2) is 28.1 Å². The molecule has 7 heteroatoms. The van der Waals surface area contributed by atoms with E-state index in [0.717, 1.165) is 33.8 Å². The minimum absolute atomic E-state index is 0.332. The lowest BCUT2D eigenvalue weighted by atomic mass is 10.1. The van der Waals surface area contributed by atoms with E-state index in [9.17, 15) is 0 Å². The Kier molecular flexibility index (Phi) is 4.90. The third-order valence-corrected chi connectivity index (χ3v) is 4.78. The number of oxazole rings is 1. The number of para-hydroxylation sites is 3. The zero-order valence-electron chi connectivity index (χ0n) is 16.8. The highest BCUT2D eigenvalue weighted by Crippen LogP contribution is 2.25. The van der Waals surface area contributed by atoms with Gasteiger partial charge < -0.3 is 9.15 Å². The summed E-state index contributed by atoms with van der Waals surface area (Å²) in [4.78, 5) is 4.37. The Labute approximate surface area is 178 Å². The van der Waals surface area contributed by atoms with Gasteiger partial charge in [0.15, 0.2) is 5.58 Å². The Morgan fingerprint density at radius 3 is 2.52 bits per heavy atom. The third-order valence-electron chi connectivity index (χ3n) is 4.78. The third kappa shape index (κ3) is 3.89. The van der Waals surface area contributed by atoms with Crippen LogP contribution in [0, 0.1) is 0 Å². The summed E-state index contributed by atoms with van der Waals surface area (Å²) in [5.74, 6) is 0.791. The van der Waals surface area contributed by atoms with E-state index in [4.69, 9.17) is 14.3 Å². The summed E-state index contributed by atoms with van der Waals surface area (Å²) < 4.78 is 12.8. The molecule has 2 heterocycles. The first-order valence-electron chi connectivity index (χ1n) is 9.74. The van der Waals surface area contributed by atoms with Crippen molar-refractivity contribution >= 4 is 23.3 Å². The van der Waals surface area contributed by atoms with Crippen LogP contribution < -0.4 is 10.2 Å². The van der Waals surface area contributed by atoms with Crippen LogP contribution >= 0.6 is 0 Å². The highest BCUT2D eigenvalue weighted by molar-refractivity contribution is 5.89. The SMILES string of the molecule is COc1ccc(-c2nn(-c3ccccc3)cc2C=NNc2nc3ccccc3o2)cc1. The zero-order valence-corrected chi connectivity index (χ0v) is 16.8. The number of nitrogens with one attached hydrogen (secondary N) is 1. The molecule has 0 atom stereocenters. The second-order valence-corrected chi connectivity index (χ2v) is 6.80. The van der Waals surface area contributed by atoms with Crippen LogP contribution in [0.25, 0.3) is 28.0 Å². The van der Waals surface area contributed by atoms with Crippen LogP contribution in [0.1, 0.15) is 5.56 Å². The Balaban J connectivity index is 1.47. The normalized spacial score (nSPS) is 11.3. The largest absolute Gasteiger partial charge is 0.497 e. The summed E-state index contributed by atoms with van der Waals surface area (Å²) in [5, 5.41) is 9.11. The first-order valence-corrected chi connectivity index (χ1v) is 9.74. The molecule has 31 heavy (non-hydrogen) atoms. The van der Waals surface area contributed by atoms with Crippen molar-refractivity contribution in [2.75, 3.05) is 12.5 Å². The second-order valence-electron chi connectivity index (χ2n) is 6.80. The summed E-state index contributed by atoms with van der Waals surface area (Å²) in [6, 6.07) is 25.6. The summed E-state index contributed by atoms with van der Waals surface area (Å²) >= 11 is 0. The topological polar surface area (TPSA) is 77.5 Å². The van der Waals surface area contributed by atoms with Crippen LogP contribution in [0.5, 0.6) is 5.75 Å². The monoisotopic (exact) mass is 409 g/mol. The molecule has 0 aliphatic carbocycles. The number of ether oxygens (including phenoxy) is 1. The molecule has 0 radical (unpaired) electrons. The fourth-order valence-electron chi connectivity index (χ4n) is 3.25. The smallest absolute Gasteiger partial charge is 0.316 e. The molecular weight excluding hydrogens is 390 g/mol. The average molecular weight is 409 g/mol. The number of nitrogens with zero attached hydrogens (tertiary/aromatic N) is 4. The molecule has 5 rings (SSSR count). The van der Waals surface area contributed by atoms with Crippen molar-refractivity contribution < 1.29 is 9.15 Å². The minimum atomic E-state index is 0.332. The zero-order chi connectivity index (χ0) is 21.0. The molecule has 0 saturated heterocycles. The minimum Gasteiger partial charge on any atom is -0.497 e. The number of aromatic nitrogens is 3. The van der Waals surface area contributed by atoms with Gasteiger partial charge in [-0.2, -0.15) is 15.2 Å². The molecule has 1 N–H and O–H groups in total. The van der Waals surface area contributed by atoms with E-state index in [1.165, 1.54) is 0 Å². The lowest BCUT2D eigenvalue weighted by molar-refractivity contribution is 0.415. The van der Waals surface area contributed by atoms with Gasteiger partial charge >= 0.3 is 6.01 Å². The van der Waals surface area contributed by atoms with Gasteiger partial charge in [-0.25, -0.2) is 10.1 Å². The van der Waals surface area contributed by atoms with Gasteiger partial charge in [0.1, 0.15) is 17.0 Å². The number of hydrogen-bond acceptors (Lipinski definition) is 6. The van der Waals surface area contributed by atoms with Gasteiger partial charge in [0.2, 0.25) is 0 Å². The Hall–Kier alpha value is -4.39. The number of benzene rings is 3. The molecule has 2 aromatic heterocycles. The van der Waals surface area contributed by atoms with E-state index < -0.39 is 0 Å². The highest BCUT2D eigenvalue weighted by atomic mass is 16.5. The van der Waals surface area contributed by atoms with Crippen LogP contribution in [0.4, 0.5) is 6.01 Å². The second kappa shape index (κ2) is 8.16. The maximum atomic E-state index is 5.65. The molecule has 0 saturated carbocycles. The van der Waals surface area contributed by atoms with Crippen molar-refractivity contribution in [3.8, 4) is 22.7 Å². The summed E-state index contributed by atoms with van der Waals surface area (Å²) in [5.41, 5.74) is 7.91. The lowest BCUT2D eigenvalue weighted by Crippen LogP contribution is -1.94. The molecule has 7 nitrogen and oxygen atoms in total. The molecule has 0 aliphatic heterocycles. The molecule has 5 aromatic rings. The van der Waals surface area contributed by atoms with Crippen LogP contribution in [0.2, 0.25) is 0 Å². The van der Waals surface area contributed by atoms with Crippen molar-refractivity contribution in [3.63, 3.8) is 0 Å². The van der Waals surface area contributed by atoms with Gasteiger partial charge in [0, 0.05) is 17.3 Å². The lowest BCUT2D eigenvalue weighted by Gasteiger charge is -2.02. The van der Waals surface area contributed by atoms with Crippen molar-refractivity contribution in [2.45, 2.75) is 0 Å². The predicted molar refractivity (Wildman–Crippen MR) is 121 cm³/mol. The quantitative estimate of drug-likeness (QED) is 0.311. The molecule has 0 bridgehead atoms. The van der Waals surface area contributed by atoms with Gasteiger partial charge in [-0.05, 0) is 48.5 Å². The fraction of sp³-hybridized carbons (Fsp3) is 0.0417. The maximum absolute atomic E-state index is 5.65. The van der Waals surface area contributed by atoms with E-state index in [-0.39, 0.29) is 0 Å². The first kappa shape index (κ1) is 18.6. The van der Waals surface area contributed by atoms with Crippen LogP contribution in [0.15, 0.2) is 94.6 Å². The van der Waals surface area contributed by atoms with E-state index in [1.54, 1.807) is 13.3 Å². The molecule has 0 fully saturated rings. The van der Waals surface area contributed by atoms with E-state index in [2.05, 4.69) is 15.5 Å². The Morgan fingerprint density at radius 2 is 1.74 bits per heavy atom. The predicted octanol–water partition coefficient (Wildman–Crippen LogP) is 5.14. The van der Waals surface area contributed by atoms with Crippen LogP contribution in [-0.2, 0) is 0 Å². The average Bonchev–Trinajstić information content (AvgIpc) is 3.44. The van der Waals surface area contributed by atoms with Gasteiger partial charge in [-0.15, -0.1) is 0 Å². The standard InChI is InChI=1S/C24H19N5O2/c1-30-20-13-11-17(12-14-20)23-18(16-29(28-23)19-7-3-2-4-8-19)15-25-27-24-26-21-9-5-6-10-22(21)31-24/h2-16H,1H3,(H,26,27). The van der Waals surface area contributed by atoms with Gasteiger partial charge in [0.05, 0.1) is 19.0 Å². The molecule has 0 amide bonds. The van der Waals surface area contributed by atoms with Gasteiger partial charge in [-0.1, -0.05) is 30.3 Å². The Bertz CT molecular complexity index is 1300. The van der Waals surface area contributed by atoms with E-state index in [0.29, 0.717) is 11.6 Å². The summed E-state index contributed by atoms with van der Waals surface area (Å²) in [6.45, 7) is 0. The van der Waals surface area contributed by atoms with Crippen molar-refractivity contribution in [2.24, 2.45) is 5.10 Å². The Morgan fingerprint density at radius 1 is 0.968 bits per heavy atom. The van der Waals surface area contributed by atoms with Gasteiger partial charge in [0.25, 0.3) is 0 Å². The highest BCUT2D eigenvalue weighted by Gasteiger charge is 2.12. The van der Waals surface area contributed by atoms with E-state index >= 15 is 0 Å². The molecule has 0 unspecified atom stereocenters. The number of hydrazone groups is 1. The number of anilines is 1. The molecule has 3 aromatic carbocycles. The molecule has 152 valence electrons. The first-order chi connectivity index (χ1) is 15.3. The van der Waals surface area contributed by atoms with Crippen molar-refractivity contribution in [3.05, 3.63) is 90.6 Å². The number of fused-ring (bicyclic) bond motifs is 1. The van der Waals surface area contributed by atoms with Gasteiger partial charge in [-0.3, -0.25) is 0 Å². The summed E-state index contributed by atoms with van der Waals surface area (Å²) in [6.07, 6.45) is 3.65. The molecule has 0 aliphatic rings. The van der Waals surface area contributed by atoms with Crippen molar-refractivity contribution in [1.82, 2.24) is 14.8 Å². The number of rotatable bonds is 6. The van der Waals surface area contributed by atoms with E-state index in [1.807, 2.05) is 89.7 Å². The number of methoxy groups -OCH3 is 1. The number of hydrogen-bond donors (Lipinski definition) is 1. The summed E-state index contributed by atoms with van der Waals surface area (Å²) in [7, 11) is 1.65. The maximum Gasteiger partial charge on any atom is 0.316 e.